The SMILES string of the molecule is Cc1ccc(CNC(=O)C(Cc2ccncc2)c2ccc(Cl)cc2)cc1. The lowest BCUT2D eigenvalue weighted by atomic mass is 9.91. The van der Waals surface area contributed by atoms with Crippen molar-refractivity contribution < 1.29 is 4.79 Å². The first-order valence-electron chi connectivity index (χ1n) is 8.59. The molecule has 1 N–H and O–H groups in total. The fourth-order valence-corrected chi connectivity index (χ4v) is 2.96. The van der Waals surface area contributed by atoms with Gasteiger partial charge in [-0.3, -0.25) is 9.78 Å². The van der Waals surface area contributed by atoms with E-state index >= 15 is 0 Å². The Kier molecular flexibility index (Phi) is 6.03. The number of pyridine rings is 1. The molecule has 1 unspecified atom stereocenters. The van der Waals surface area contributed by atoms with Gasteiger partial charge in [-0.2, -0.15) is 0 Å². The van der Waals surface area contributed by atoms with Gasteiger partial charge in [0.15, 0.2) is 0 Å². The highest BCUT2D eigenvalue weighted by molar-refractivity contribution is 6.30. The summed E-state index contributed by atoms with van der Waals surface area (Å²) in [6, 6.07) is 19.5. The van der Waals surface area contributed by atoms with E-state index in [4.69, 9.17) is 11.6 Å². The molecule has 0 fully saturated rings. The molecular formula is C22H21ClN2O. The molecule has 0 saturated carbocycles. The van der Waals surface area contributed by atoms with E-state index in [0.717, 1.165) is 16.7 Å². The lowest BCUT2D eigenvalue weighted by Gasteiger charge is -2.18. The molecule has 1 atom stereocenters. The maximum absolute atomic E-state index is 12.9. The molecule has 1 amide bonds. The predicted molar refractivity (Wildman–Crippen MR) is 105 cm³/mol. The van der Waals surface area contributed by atoms with Gasteiger partial charge in [-0.1, -0.05) is 53.6 Å². The van der Waals surface area contributed by atoms with Crippen LogP contribution >= 0.6 is 11.6 Å². The number of hydrogen-bond acceptors (Lipinski definition) is 2. The molecule has 0 aliphatic rings. The summed E-state index contributed by atoms with van der Waals surface area (Å²) < 4.78 is 0. The Morgan fingerprint density at radius 3 is 2.27 bits per heavy atom. The quantitative estimate of drug-likeness (QED) is 0.689. The fourth-order valence-electron chi connectivity index (χ4n) is 2.83. The third kappa shape index (κ3) is 4.93. The minimum absolute atomic E-state index is 0.00436. The van der Waals surface area contributed by atoms with Crippen molar-refractivity contribution in [2.45, 2.75) is 25.8 Å². The Morgan fingerprint density at radius 2 is 1.62 bits per heavy atom. The van der Waals surface area contributed by atoms with Gasteiger partial charge in [0.1, 0.15) is 0 Å². The average molecular weight is 365 g/mol. The topological polar surface area (TPSA) is 42.0 Å². The monoisotopic (exact) mass is 364 g/mol. The van der Waals surface area contributed by atoms with E-state index in [2.05, 4.69) is 22.4 Å². The lowest BCUT2D eigenvalue weighted by molar-refractivity contribution is -0.122. The molecule has 0 saturated heterocycles. The van der Waals surface area contributed by atoms with Crippen molar-refractivity contribution in [3.05, 3.63) is 100 Å². The second kappa shape index (κ2) is 8.63. The van der Waals surface area contributed by atoms with Crippen LogP contribution in [0.1, 0.15) is 28.2 Å². The smallest absolute Gasteiger partial charge is 0.228 e. The summed E-state index contributed by atoms with van der Waals surface area (Å²) in [5.74, 6) is -0.273. The molecule has 1 heterocycles. The highest BCUT2D eigenvalue weighted by Gasteiger charge is 2.21. The molecule has 0 aliphatic heterocycles. The molecule has 4 heteroatoms. The van der Waals surface area contributed by atoms with Gasteiger partial charge in [-0.05, 0) is 54.3 Å². The minimum Gasteiger partial charge on any atom is -0.351 e. The Labute approximate surface area is 159 Å². The van der Waals surface area contributed by atoms with Gasteiger partial charge in [0.2, 0.25) is 5.91 Å². The second-order valence-corrected chi connectivity index (χ2v) is 6.80. The highest BCUT2D eigenvalue weighted by atomic mass is 35.5. The van der Waals surface area contributed by atoms with Gasteiger partial charge < -0.3 is 5.32 Å². The minimum atomic E-state index is -0.278. The fraction of sp³-hybridized carbons (Fsp3) is 0.182. The summed E-state index contributed by atoms with van der Waals surface area (Å²) in [6.45, 7) is 2.56. The zero-order valence-corrected chi connectivity index (χ0v) is 15.4. The van der Waals surface area contributed by atoms with Gasteiger partial charge in [0.25, 0.3) is 0 Å². The van der Waals surface area contributed by atoms with E-state index in [9.17, 15) is 4.79 Å². The summed E-state index contributed by atoms with van der Waals surface area (Å²) in [7, 11) is 0. The summed E-state index contributed by atoms with van der Waals surface area (Å²) in [5.41, 5.74) is 4.32. The summed E-state index contributed by atoms with van der Waals surface area (Å²) in [4.78, 5) is 17.0. The van der Waals surface area contributed by atoms with E-state index < -0.39 is 0 Å². The zero-order valence-electron chi connectivity index (χ0n) is 14.7. The maximum atomic E-state index is 12.9. The Bertz CT molecular complexity index is 846. The summed E-state index contributed by atoms with van der Waals surface area (Å²) in [6.07, 6.45) is 4.11. The third-order valence-corrected chi connectivity index (χ3v) is 4.62. The number of rotatable bonds is 6. The molecule has 0 bridgehead atoms. The van der Waals surface area contributed by atoms with Crippen molar-refractivity contribution in [2.24, 2.45) is 0 Å². The molecule has 0 radical (unpaired) electrons. The van der Waals surface area contributed by atoms with Crippen LogP contribution in [0.2, 0.25) is 5.02 Å². The molecule has 2 aromatic carbocycles. The van der Waals surface area contributed by atoms with Crippen molar-refractivity contribution >= 4 is 17.5 Å². The molecule has 1 aromatic heterocycles. The molecule has 3 nitrogen and oxygen atoms in total. The van der Waals surface area contributed by atoms with Crippen molar-refractivity contribution in [2.75, 3.05) is 0 Å². The molecule has 3 aromatic rings. The van der Waals surface area contributed by atoms with E-state index in [1.165, 1.54) is 5.56 Å². The van der Waals surface area contributed by atoms with E-state index in [1.54, 1.807) is 12.4 Å². The number of carbonyl (C=O) groups is 1. The highest BCUT2D eigenvalue weighted by Crippen LogP contribution is 2.23. The first kappa shape index (κ1) is 18.2. The van der Waals surface area contributed by atoms with Crippen LogP contribution in [0.25, 0.3) is 0 Å². The van der Waals surface area contributed by atoms with Crippen molar-refractivity contribution in [1.29, 1.82) is 0 Å². The summed E-state index contributed by atoms with van der Waals surface area (Å²) >= 11 is 6.00. The van der Waals surface area contributed by atoms with Crippen molar-refractivity contribution in [3.63, 3.8) is 0 Å². The Balaban J connectivity index is 1.76. The molecular weight excluding hydrogens is 344 g/mol. The van der Waals surface area contributed by atoms with E-state index in [0.29, 0.717) is 18.0 Å². The molecule has 3 rings (SSSR count). The largest absolute Gasteiger partial charge is 0.351 e. The van der Waals surface area contributed by atoms with Crippen molar-refractivity contribution in [3.8, 4) is 0 Å². The molecule has 132 valence electrons. The molecule has 26 heavy (non-hydrogen) atoms. The Hall–Kier alpha value is -2.65. The van der Waals surface area contributed by atoms with Crippen LogP contribution in [0, 0.1) is 6.92 Å². The standard InChI is InChI=1S/C22H21ClN2O/c1-16-2-4-18(5-3-16)15-25-22(26)21(14-17-10-12-24-13-11-17)19-6-8-20(23)9-7-19/h2-13,21H,14-15H2,1H3,(H,25,26). The molecule has 0 aliphatic carbocycles. The maximum Gasteiger partial charge on any atom is 0.228 e. The van der Waals surface area contributed by atoms with Crippen LogP contribution in [-0.4, -0.2) is 10.9 Å². The number of benzene rings is 2. The Morgan fingerprint density at radius 1 is 0.962 bits per heavy atom. The van der Waals surface area contributed by atoms with E-state index in [1.807, 2.05) is 55.5 Å². The van der Waals surface area contributed by atoms with Crippen LogP contribution in [0.3, 0.4) is 0 Å². The van der Waals surface area contributed by atoms with Gasteiger partial charge in [-0.25, -0.2) is 0 Å². The predicted octanol–water partition coefficient (Wildman–Crippen LogP) is 4.69. The number of amides is 1. The third-order valence-electron chi connectivity index (χ3n) is 4.37. The number of aryl methyl sites for hydroxylation is 1. The number of nitrogens with zero attached hydrogens (tertiary/aromatic N) is 1. The average Bonchev–Trinajstić information content (AvgIpc) is 2.67. The van der Waals surface area contributed by atoms with Crippen LogP contribution < -0.4 is 5.32 Å². The van der Waals surface area contributed by atoms with E-state index in [-0.39, 0.29) is 11.8 Å². The molecule has 0 spiro atoms. The van der Waals surface area contributed by atoms with Gasteiger partial charge in [0, 0.05) is 24.0 Å². The first-order valence-corrected chi connectivity index (χ1v) is 8.97. The van der Waals surface area contributed by atoms with Gasteiger partial charge in [0.05, 0.1) is 5.92 Å². The zero-order chi connectivity index (χ0) is 18.4. The number of hydrogen-bond donors (Lipinski definition) is 1. The number of carbonyl (C=O) groups excluding carboxylic acids is 1. The van der Waals surface area contributed by atoms with Crippen molar-refractivity contribution in [1.82, 2.24) is 10.3 Å². The number of nitrogens with one attached hydrogen (secondary N) is 1. The lowest BCUT2D eigenvalue weighted by Crippen LogP contribution is -2.30. The number of halogens is 1. The summed E-state index contributed by atoms with van der Waals surface area (Å²) in [5, 5.41) is 3.73. The van der Waals surface area contributed by atoms with Gasteiger partial charge in [-0.15, -0.1) is 0 Å². The second-order valence-electron chi connectivity index (χ2n) is 6.37. The van der Waals surface area contributed by atoms with Gasteiger partial charge >= 0.3 is 0 Å². The van der Waals surface area contributed by atoms with Crippen LogP contribution in [0.5, 0.6) is 0 Å². The number of aromatic nitrogens is 1. The first-order chi connectivity index (χ1) is 12.6. The van der Waals surface area contributed by atoms with Crippen LogP contribution in [-0.2, 0) is 17.8 Å². The van der Waals surface area contributed by atoms with Crippen LogP contribution in [0.15, 0.2) is 73.1 Å². The van der Waals surface area contributed by atoms with Crippen LogP contribution in [0.4, 0.5) is 0 Å². The normalized spacial score (nSPS) is 11.8.